The zero-order chi connectivity index (χ0) is 6.91. The van der Waals surface area contributed by atoms with Crippen LogP contribution in [0, 0.1) is 5.41 Å². The molecular weight excluding hydrogens is 231 g/mol. The van der Waals surface area contributed by atoms with Crippen molar-refractivity contribution in [3.05, 3.63) is 0 Å². The molecule has 0 aromatic rings. The molecule has 1 saturated heterocycles. The first-order chi connectivity index (χ1) is 4.19. The van der Waals surface area contributed by atoms with Crippen molar-refractivity contribution in [1.82, 2.24) is 0 Å². The summed E-state index contributed by atoms with van der Waals surface area (Å²) >= 11 is 2.09. The first-order valence-electron chi connectivity index (χ1n) is 2.86. The quantitative estimate of drug-likeness (QED) is 0.532. The van der Waals surface area contributed by atoms with Gasteiger partial charge in [-0.2, -0.15) is 0 Å². The van der Waals surface area contributed by atoms with Crippen molar-refractivity contribution in [3.8, 4) is 0 Å². The fraction of sp³-hybridized carbons (Fsp3) is 0.833. The van der Waals surface area contributed by atoms with E-state index in [0.29, 0.717) is 23.4 Å². The topological polar surface area (TPSA) is 26.3 Å². The zero-order valence-corrected chi connectivity index (χ0v) is 7.47. The van der Waals surface area contributed by atoms with Crippen LogP contribution in [0.5, 0.6) is 0 Å². The maximum atomic E-state index is 11.0. The van der Waals surface area contributed by atoms with Crippen LogP contribution in [-0.2, 0) is 9.53 Å². The van der Waals surface area contributed by atoms with Crippen LogP contribution in [0.3, 0.4) is 0 Å². The molecule has 1 fully saturated rings. The van der Waals surface area contributed by atoms with Crippen LogP contribution < -0.4 is 0 Å². The second-order valence-electron chi connectivity index (χ2n) is 2.61. The summed E-state index contributed by atoms with van der Waals surface area (Å²) in [5.74, 6) is 0.314. The molecule has 0 amide bonds. The summed E-state index contributed by atoms with van der Waals surface area (Å²) in [5.41, 5.74) is -0.138. The normalized spacial score (nSPS) is 22.9. The fourth-order valence-corrected chi connectivity index (χ4v) is 1.65. The molecule has 0 radical (unpaired) electrons. The summed E-state index contributed by atoms with van der Waals surface area (Å²) in [7, 11) is 0. The Morgan fingerprint density at radius 2 is 2.33 bits per heavy atom. The Morgan fingerprint density at radius 1 is 1.78 bits per heavy atom. The van der Waals surface area contributed by atoms with E-state index < -0.39 is 0 Å². The van der Waals surface area contributed by atoms with Crippen molar-refractivity contribution in [1.29, 1.82) is 0 Å². The highest BCUT2D eigenvalue weighted by Gasteiger charge is 2.39. The van der Waals surface area contributed by atoms with Crippen LogP contribution in [0.4, 0.5) is 0 Å². The average molecular weight is 240 g/mol. The minimum absolute atomic E-state index is 0.138. The molecule has 0 atom stereocenters. The van der Waals surface area contributed by atoms with Gasteiger partial charge in [-0.1, -0.05) is 22.6 Å². The lowest BCUT2D eigenvalue weighted by Gasteiger charge is -2.35. The van der Waals surface area contributed by atoms with Crippen LogP contribution in [0.25, 0.3) is 0 Å². The maximum Gasteiger partial charge on any atom is 0.153 e. The molecule has 9 heavy (non-hydrogen) atoms. The van der Waals surface area contributed by atoms with E-state index in [4.69, 9.17) is 4.74 Å². The van der Waals surface area contributed by atoms with Crippen molar-refractivity contribution in [2.24, 2.45) is 5.41 Å². The Bertz CT molecular complexity index is 129. The lowest BCUT2D eigenvalue weighted by atomic mass is 9.85. The molecule has 0 unspecified atom stereocenters. The summed E-state index contributed by atoms with van der Waals surface area (Å²) in [6.45, 7) is 3.20. The summed E-state index contributed by atoms with van der Waals surface area (Å²) in [6, 6.07) is 0. The lowest BCUT2D eigenvalue weighted by Crippen LogP contribution is -2.46. The highest BCUT2D eigenvalue weighted by atomic mass is 127. The lowest BCUT2D eigenvalue weighted by molar-refractivity contribution is -0.152. The number of halogens is 1. The zero-order valence-electron chi connectivity index (χ0n) is 5.32. The molecule has 0 aromatic heterocycles. The fourth-order valence-electron chi connectivity index (χ4n) is 0.731. The molecule has 2 nitrogen and oxygen atoms in total. The van der Waals surface area contributed by atoms with Gasteiger partial charge in [0.05, 0.1) is 23.1 Å². The summed E-state index contributed by atoms with van der Waals surface area (Å²) in [5, 5.41) is 0. The van der Waals surface area contributed by atoms with E-state index in [1.807, 2.05) is 6.92 Å². The number of hydrogen-bond donors (Lipinski definition) is 0. The third-order valence-electron chi connectivity index (χ3n) is 1.64. The van der Waals surface area contributed by atoms with Crippen molar-refractivity contribution in [2.75, 3.05) is 17.6 Å². The number of hydrogen-bond acceptors (Lipinski definition) is 2. The predicted molar refractivity (Wildman–Crippen MR) is 42.8 cm³/mol. The molecule has 0 aromatic carbocycles. The van der Waals surface area contributed by atoms with Crippen LogP contribution in [0.1, 0.15) is 6.92 Å². The van der Waals surface area contributed by atoms with Gasteiger partial charge in [0.15, 0.2) is 5.78 Å². The standard InChI is InChI=1S/C6H9IO2/c1-6(3-9-4-6)5(8)2-7/h2-4H2,1H3. The highest BCUT2D eigenvalue weighted by molar-refractivity contribution is 14.1. The van der Waals surface area contributed by atoms with Gasteiger partial charge in [-0.05, 0) is 6.92 Å². The van der Waals surface area contributed by atoms with E-state index in [9.17, 15) is 4.79 Å². The van der Waals surface area contributed by atoms with Gasteiger partial charge in [0.1, 0.15) is 0 Å². The van der Waals surface area contributed by atoms with E-state index in [0.717, 1.165) is 0 Å². The van der Waals surface area contributed by atoms with Crippen molar-refractivity contribution in [2.45, 2.75) is 6.92 Å². The first kappa shape index (κ1) is 7.47. The van der Waals surface area contributed by atoms with Crippen LogP contribution in [0.15, 0.2) is 0 Å². The van der Waals surface area contributed by atoms with Crippen molar-refractivity contribution < 1.29 is 9.53 Å². The Hall–Kier alpha value is 0.360. The van der Waals surface area contributed by atoms with Gasteiger partial charge in [0.2, 0.25) is 0 Å². The molecule has 1 aliphatic heterocycles. The van der Waals surface area contributed by atoms with E-state index in [-0.39, 0.29) is 5.41 Å². The van der Waals surface area contributed by atoms with Gasteiger partial charge >= 0.3 is 0 Å². The molecule has 52 valence electrons. The van der Waals surface area contributed by atoms with Crippen molar-refractivity contribution in [3.63, 3.8) is 0 Å². The monoisotopic (exact) mass is 240 g/mol. The largest absolute Gasteiger partial charge is 0.379 e. The molecule has 1 aliphatic rings. The minimum Gasteiger partial charge on any atom is -0.379 e. The van der Waals surface area contributed by atoms with Gasteiger partial charge in [-0.3, -0.25) is 4.79 Å². The van der Waals surface area contributed by atoms with E-state index in [2.05, 4.69) is 22.6 Å². The SMILES string of the molecule is CC1(C(=O)CI)COC1. The van der Waals surface area contributed by atoms with Gasteiger partial charge in [-0.15, -0.1) is 0 Å². The molecule has 1 heterocycles. The second kappa shape index (κ2) is 2.54. The van der Waals surface area contributed by atoms with E-state index in [1.54, 1.807) is 0 Å². The summed E-state index contributed by atoms with van der Waals surface area (Å²) < 4.78 is 5.55. The Labute approximate surface area is 68.1 Å². The number of ether oxygens (including phenoxy) is 1. The molecule has 0 saturated carbocycles. The van der Waals surface area contributed by atoms with Crippen LogP contribution >= 0.6 is 22.6 Å². The molecule has 1 rings (SSSR count). The van der Waals surface area contributed by atoms with Gasteiger partial charge in [0, 0.05) is 0 Å². The average Bonchev–Trinajstić information content (AvgIpc) is 1.81. The van der Waals surface area contributed by atoms with Gasteiger partial charge in [-0.25, -0.2) is 0 Å². The van der Waals surface area contributed by atoms with Gasteiger partial charge in [0.25, 0.3) is 0 Å². The Kier molecular flexibility index (Phi) is 2.10. The smallest absolute Gasteiger partial charge is 0.153 e. The number of alkyl halides is 1. The van der Waals surface area contributed by atoms with Gasteiger partial charge < -0.3 is 4.74 Å². The molecule has 0 spiro atoms. The van der Waals surface area contributed by atoms with E-state index in [1.165, 1.54) is 0 Å². The molecule has 3 heteroatoms. The van der Waals surface area contributed by atoms with E-state index >= 15 is 0 Å². The number of rotatable bonds is 2. The highest BCUT2D eigenvalue weighted by Crippen LogP contribution is 2.27. The van der Waals surface area contributed by atoms with Crippen LogP contribution in [-0.4, -0.2) is 23.4 Å². The molecule has 0 bridgehead atoms. The molecule has 0 aliphatic carbocycles. The van der Waals surface area contributed by atoms with Crippen molar-refractivity contribution >= 4 is 28.4 Å². The third kappa shape index (κ3) is 1.26. The van der Waals surface area contributed by atoms with Crippen LogP contribution in [0.2, 0.25) is 0 Å². The number of carbonyl (C=O) groups is 1. The minimum atomic E-state index is -0.138. The Morgan fingerprint density at radius 3 is 2.44 bits per heavy atom. The summed E-state index contributed by atoms with van der Waals surface area (Å²) in [4.78, 5) is 11.0. The first-order valence-corrected chi connectivity index (χ1v) is 4.38. The number of ketones is 1. The number of carbonyl (C=O) groups excluding carboxylic acids is 1. The molecular formula is C6H9IO2. The maximum absolute atomic E-state index is 11.0. The molecule has 0 N–H and O–H groups in total. The Balaban J connectivity index is 2.49. The second-order valence-corrected chi connectivity index (χ2v) is 3.37. The third-order valence-corrected chi connectivity index (χ3v) is 2.33. The predicted octanol–water partition coefficient (Wildman–Crippen LogP) is 1.03. The summed E-state index contributed by atoms with van der Waals surface area (Å²) in [6.07, 6.45) is 0. The number of Topliss-reactive ketones (excluding diaryl/α,β-unsaturated/α-hetero) is 1.